The number of esters is 1. The second-order valence-electron chi connectivity index (χ2n) is 10.4. The number of carbonyl (C=O) groups is 2. The number of halogens is 3. The number of benzene rings is 2. The Morgan fingerprint density at radius 1 is 0.745 bits per heavy atom. The van der Waals surface area contributed by atoms with Gasteiger partial charge in [-0.3, -0.25) is 29.8 Å². The van der Waals surface area contributed by atoms with Crippen LogP contribution >= 0.6 is 34.8 Å². The largest absolute Gasteiger partial charge is 0.484 e. The van der Waals surface area contributed by atoms with E-state index in [1.165, 1.54) is 50.2 Å². The summed E-state index contributed by atoms with van der Waals surface area (Å²) in [5, 5.41) is 30.9. The second-order valence-corrected chi connectivity index (χ2v) is 11.8. The maximum Gasteiger partial charge on any atom is 0.303 e. The van der Waals surface area contributed by atoms with Gasteiger partial charge >= 0.3 is 5.97 Å². The zero-order valence-electron chi connectivity index (χ0n) is 24.7. The average molecular weight is 724 g/mol. The summed E-state index contributed by atoms with van der Waals surface area (Å²) >= 11 is 16.6. The molecule has 1 N–H and O–H groups in total. The number of non-ortho nitro benzene ring substituents is 2. The first-order valence-corrected chi connectivity index (χ1v) is 15.1. The lowest BCUT2D eigenvalue weighted by Crippen LogP contribution is -2.36. The number of aliphatic hydroxyl groups excluding tert-OH is 1. The number of hydrogen-bond donors (Lipinski definition) is 1. The molecular formula is C28H29Cl3N2O14. The molecular weight excluding hydrogens is 695 g/mol. The monoisotopic (exact) mass is 722 g/mol. The molecule has 4 aliphatic rings. The van der Waals surface area contributed by atoms with Crippen LogP contribution in [0.2, 0.25) is 10.0 Å². The molecule has 2 unspecified atom stereocenters. The Balaban J connectivity index is 0.000000193. The van der Waals surface area contributed by atoms with Gasteiger partial charge in [-0.15, -0.1) is 0 Å². The van der Waals surface area contributed by atoms with E-state index in [1.807, 2.05) is 0 Å². The first kappa shape index (κ1) is 36.5. The standard InChI is InChI=1S/C14H14ClNO7.C12H12ClNO6.C2H3ClO/c1-7(17)22-11-5-20-14-12(6-21-13(11)14)23-10-3-2-8(16(18)19)4-9(10)15;13-7-3-6(14(16)17)1-2-9(7)20-10-5-19-11-8(15)4-18-12(10)11;1-2(3)4/h2-4,11-14H,5-6H2,1H3;1-3,8,10-12,15H,4-5H2;1H3/t11-,12?,13+,14+;8-,10?,11+,12+;/m00./s1. The van der Waals surface area contributed by atoms with Gasteiger partial charge in [0.05, 0.1) is 46.3 Å². The van der Waals surface area contributed by atoms with Gasteiger partial charge in [0.25, 0.3) is 11.4 Å². The fourth-order valence-corrected chi connectivity index (χ4v) is 5.55. The van der Waals surface area contributed by atoms with Crippen molar-refractivity contribution >= 4 is 57.4 Å². The summed E-state index contributed by atoms with van der Waals surface area (Å²) in [5.41, 5.74) is -0.217. The quantitative estimate of drug-likeness (QED) is 0.187. The summed E-state index contributed by atoms with van der Waals surface area (Å²) in [7, 11) is 0. The van der Waals surface area contributed by atoms with Crippen LogP contribution in [-0.2, 0) is 33.3 Å². The van der Waals surface area contributed by atoms with E-state index >= 15 is 0 Å². The molecule has 4 saturated heterocycles. The van der Waals surface area contributed by atoms with Crippen LogP contribution in [0.15, 0.2) is 36.4 Å². The SMILES string of the molecule is CC(=O)Cl.CC(=O)O[C@H]1CO[C@@H]2C(Oc3ccc([N+](=O)[O-])cc3Cl)CO[C@H]12.O=[N+]([O-])c1ccc(OC2CO[C@H]3[C@@H]2OC[C@@H]3O)c(Cl)c1. The molecule has 8 atom stereocenters. The number of ether oxygens (including phenoxy) is 7. The molecule has 4 heterocycles. The number of nitrogens with zero attached hydrogens (tertiary/aromatic N) is 2. The molecule has 4 aliphatic heterocycles. The predicted molar refractivity (Wildman–Crippen MR) is 162 cm³/mol. The van der Waals surface area contributed by atoms with Crippen molar-refractivity contribution in [3.8, 4) is 11.5 Å². The topological polar surface area (TPSA) is 205 Å². The van der Waals surface area contributed by atoms with Crippen LogP contribution in [0.4, 0.5) is 11.4 Å². The van der Waals surface area contributed by atoms with Crippen molar-refractivity contribution in [2.45, 2.75) is 62.7 Å². The zero-order chi connectivity index (χ0) is 34.4. The van der Waals surface area contributed by atoms with Gasteiger partial charge in [0.15, 0.2) is 18.3 Å². The molecule has 0 spiro atoms. The lowest BCUT2D eigenvalue weighted by Gasteiger charge is -2.18. The molecule has 19 heteroatoms. The molecule has 0 aromatic heterocycles. The average Bonchev–Trinajstić information content (AvgIpc) is 3.76. The highest BCUT2D eigenvalue weighted by molar-refractivity contribution is 6.62. The Morgan fingerprint density at radius 2 is 1.13 bits per heavy atom. The van der Waals surface area contributed by atoms with Gasteiger partial charge in [-0.2, -0.15) is 0 Å². The maximum absolute atomic E-state index is 11.1. The summed E-state index contributed by atoms with van der Waals surface area (Å²) in [6, 6.07) is 7.96. The minimum atomic E-state index is -0.652. The van der Waals surface area contributed by atoms with E-state index in [2.05, 4.69) is 11.6 Å². The maximum atomic E-state index is 11.1. The Labute approximate surface area is 281 Å². The summed E-state index contributed by atoms with van der Waals surface area (Å²) in [4.78, 5) is 40.5. The van der Waals surface area contributed by atoms with E-state index in [9.17, 15) is 34.9 Å². The molecule has 6 rings (SSSR count). The Morgan fingerprint density at radius 3 is 1.55 bits per heavy atom. The number of nitro benzene ring substituents is 2. The van der Waals surface area contributed by atoms with Crippen molar-refractivity contribution in [3.63, 3.8) is 0 Å². The molecule has 2 aromatic carbocycles. The molecule has 0 aliphatic carbocycles. The molecule has 4 fully saturated rings. The first-order chi connectivity index (χ1) is 22.2. The number of carbonyl (C=O) groups excluding carboxylic acids is 2. The van der Waals surface area contributed by atoms with E-state index in [1.54, 1.807) is 0 Å². The van der Waals surface area contributed by atoms with Crippen LogP contribution in [0.25, 0.3) is 0 Å². The summed E-state index contributed by atoms with van der Waals surface area (Å²) < 4.78 is 38.6. The zero-order valence-corrected chi connectivity index (χ0v) is 27.0. The minimum Gasteiger partial charge on any atom is -0.484 e. The van der Waals surface area contributed by atoms with Gasteiger partial charge in [-0.1, -0.05) is 23.2 Å². The van der Waals surface area contributed by atoms with Crippen molar-refractivity contribution in [1.29, 1.82) is 0 Å². The van der Waals surface area contributed by atoms with E-state index in [4.69, 9.17) is 56.4 Å². The van der Waals surface area contributed by atoms with Gasteiger partial charge < -0.3 is 38.3 Å². The molecule has 47 heavy (non-hydrogen) atoms. The van der Waals surface area contributed by atoms with E-state index in [0.29, 0.717) is 11.5 Å². The van der Waals surface area contributed by atoms with E-state index < -0.39 is 46.3 Å². The van der Waals surface area contributed by atoms with Crippen molar-refractivity contribution in [3.05, 3.63) is 66.7 Å². The first-order valence-electron chi connectivity index (χ1n) is 13.9. The van der Waals surface area contributed by atoms with Crippen LogP contribution in [0.3, 0.4) is 0 Å². The van der Waals surface area contributed by atoms with Gasteiger partial charge in [0.1, 0.15) is 42.0 Å². The van der Waals surface area contributed by atoms with Gasteiger partial charge in [-0.25, -0.2) is 0 Å². The summed E-state index contributed by atoms with van der Waals surface area (Å²) in [6.45, 7) is 3.60. The normalized spacial score (nSPS) is 28.5. The number of aliphatic hydroxyl groups is 1. The van der Waals surface area contributed by atoms with Gasteiger partial charge in [-0.05, 0) is 23.7 Å². The smallest absolute Gasteiger partial charge is 0.303 e. The highest BCUT2D eigenvalue weighted by Crippen LogP contribution is 2.36. The van der Waals surface area contributed by atoms with E-state index in [-0.39, 0.29) is 71.4 Å². The Bertz CT molecular complexity index is 1480. The highest BCUT2D eigenvalue weighted by Gasteiger charge is 2.51. The lowest BCUT2D eigenvalue weighted by molar-refractivity contribution is -0.385. The number of hydrogen-bond acceptors (Lipinski definition) is 14. The van der Waals surface area contributed by atoms with Crippen molar-refractivity contribution in [2.75, 3.05) is 26.4 Å². The third kappa shape index (κ3) is 9.39. The molecule has 16 nitrogen and oxygen atoms in total. The molecule has 2 aromatic rings. The van der Waals surface area contributed by atoms with Crippen LogP contribution in [-0.4, -0.2) is 101 Å². The molecule has 0 bridgehead atoms. The molecule has 0 radical (unpaired) electrons. The Hall–Kier alpha value is -3.35. The van der Waals surface area contributed by atoms with Crippen LogP contribution in [0.1, 0.15) is 13.8 Å². The second kappa shape index (κ2) is 16.2. The van der Waals surface area contributed by atoms with Crippen LogP contribution in [0.5, 0.6) is 11.5 Å². The summed E-state index contributed by atoms with van der Waals surface area (Å²) in [5.74, 6) is 0.244. The fraction of sp³-hybridized carbons (Fsp3) is 0.500. The van der Waals surface area contributed by atoms with Crippen molar-refractivity contribution in [1.82, 2.24) is 0 Å². The third-order valence-electron chi connectivity index (χ3n) is 7.07. The van der Waals surface area contributed by atoms with Gasteiger partial charge in [0, 0.05) is 38.1 Å². The molecule has 256 valence electrons. The lowest BCUT2D eigenvalue weighted by atomic mass is 10.1. The number of fused-ring (bicyclic) bond motifs is 2. The van der Waals surface area contributed by atoms with Crippen molar-refractivity contribution < 1.29 is 57.7 Å². The molecule has 0 saturated carbocycles. The minimum absolute atomic E-state index is 0.101. The fourth-order valence-electron chi connectivity index (χ4n) is 5.11. The van der Waals surface area contributed by atoms with Gasteiger partial charge in [0.2, 0.25) is 5.24 Å². The number of nitro groups is 2. The van der Waals surface area contributed by atoms with Crippen LogP contribution < -0.4 is 9.47 Å². The Kier molecular flexibility index (Phi) is 12.5. The highest BCUT2D eigenvalue weighted by atomic mass is 35.5. The van der Waals surface area contributed by atoms with Crippen molar-refractivity contribution in [2.24, 2.45) is 0 Å². The van der Waals surface area contributed by atoms with Crippen LogP contribution in [0, 0.1) is 20.2 Å². The van der Waals surface area contributed by atoms with E-state index in [0.717, 1.165) is 0 Å². The third-order valence-corrected chi connectivity index (χ3v) is 7.66. The number of rotatable bonds is 7. The molecule has 0 amide bonds. The predicted octanol–water partition coefficient (Wildman–Crippen LogP) is 3.65. The summed E-state index contributed by atoms with van der Waals surface area (Å²) in [6.07, 6.45) is -3.45.